The monoisotopic (exact) mass is 317 g/mol. The topological polar surface area (TPSA) is 136 Å². The Morgan fingerprint density at radius 2 is 1.52 bits per heavy atom. The molecule has 1 atom stereocenters. The Labute approximate surface area is 129 Å². The number of carbonyl (C=O) groups is 1. The second-order valence-electron chi connectivity index (χ2n) is 4.58. The Morgan fingerprint density at radius 3 is 1.96 bits per heavy atom. The summed E-state index contributed by atoms with van der Waals surface area (Å²) in [6.07, 6.45) is 0. The number of anilines is 1. The maximum atomic E-state index is 11.4. The molecule has 2 rings (SSSR count). The van der Waals surface area contributed by atoms with Crippen LogP contribution in [-0.4, -0.2) is 20.9 Å². The fourth-order valence-corrected chi connectivity index (χ4v) is 1.99. The molecular formula is C14H11N3O6. The number of carboxylic acids is 1. The van der Waals surface area contributed by atoms with E-state index in [1.165, 1.54) is 0 Å². The van der Waals surface area contributed by atoms with E-state index in [2.05, 4.69) is 5.32 Å². The molecule has 0 amide bonds. The van der Waals surface area contributed by atoms with Gasteiger partial charge in [0.05, 0.1) is 15.9 Å². The summed E-state index contributed by atoms with van der Waals surface area (Å²) in [5, 5.41) is 33.6. The van der Waals surface area contributed by atoms with Crippen molar-refractivity contribution in [2.75, 3.05) is 5.32 Å². The van der Waals surface area contributed by atoms with Crippen molar-refractivity contribution in [2.45, 2.75) is 6.04 Å². The van der Waals surface area contributed by atoms with Crippen molar-refractivity contribution in [2.24, 2.45) is 0 Å². The number of rotatable bonds is 6. The lowest BCUT2D eigenvalue weighted by Crippen LogP contribution is -2.20. The molecule has 118 valence electrons. The normalized spacial score (nSPS) is 11.5. The van der Waals surface area contributed by atoms with E-state index in [0.29, 0.717) is 5.56 Å². The van der Waals surface area contributed by atoms with Gasteiger partial charge < -0.3 is 10.4 Å². The van der Waals surface area contributed by atoms with Crippen molar-refractivity contribution in [3.8, 4) is 0 Å². The number of non-ortho nitro benzene ring substituents is 2. The van der Waals surface area contributed by atoms with Crippen molar-refractivity contribution >= 4 is 23.0 Å². The number of nitrogens with zero attached hydrogens (tertiary/aromatic N) is 2. The number of nitro groups is 2. The zero-order valence-corrected chi connectivity index (χ0v) is 11.6. The summed E-state index contributed by atoms with van der Waals surface area (Å²) in [5.74, 6) is -1.22. The van der Waals surface area contributed by atoms with Gasteiger partial charge >= 0.3 is 5.97 Å². The van der Waals surface area contributed by atoms with E-state index in [1.54, 1.807) is 30.3 Å². The van der Waals surface area contributed by atoms with Crippen molar-refractivity contribution in [1.29, 1.82) is 0 Å². The number of aliphatic carboxylic acids is 1. The first kappa shape index (κ1) is 15.9. The van der Waals surface area contributed by atoms with Crippen LogP contribution in [0.4, 0.5) is 17.1 Å². The first-order valence-corrected chi connectivity index (χ1v) is 6.36. The molecule has 0 heterocycles. The zero-order chi connectivity index (χ0) is 17.0. The summed E-state index contributed by atoms with van der Waals surface area (Å²) in [7, 11) is 0. The Hall–Kier alpha value is -3.49. The minimum atomic E-state index is -1.22. The zero-order valence-electron chi connectivity index (χ0n) is 11.6. The molecule has 0 aromatic heterocycles. The van der Waals surface area contributed by atoms with E-state index in [-0.39, 0.29) is 5.69 Å². The van der Waals surface area contributed by atoms with Gasteiger partial charge in [0, 0.05) is 17.8 Å². The van der Waals surface area contributed by atoms with Crippen LogP contribution in [0.25, 0.3) is 0 Å². The molecule has 0 fully saturated rings. The van der Waals surface area contributed by atoms with E-state index in [0.717, 1.165) is 18.2 Å². The molecule has 0 radical (unpaired) electrons. The average molecular weight is 317 g/mol. The molecule has 0 aliphatic rings. The number of hydrogen-bond donors (Lipinski definition) is 2. The highest BCUT2D eigenvalue weighted by Crippen LogP contribution is 2.28. The SMILES string of the molecule is O=C(O)C(Nc1cc([N+](=O)[O-])cc([N+](=O)[O-])c1)c1ccccc1. The van der Waals surface area contributed by atoms with Gasteiger partial charge in [-0.1, -0.05) is 30.3 Å². The van der Waals surface area contributed by atoms with Crippen molar-refractivity contribution < 1.29 is 19.7 Å². The van der Waals surface area contributed by atoms with E-state index in [1.807, 2.05) is 0 Å². The number of nitrogens with one attached hydrogen (secondary N) is 1. The van der Waals surface area contributed by atoms with Crippen LogP contribution in [0.3, 0.4) is 0 Å². The van der Waals surface area contributed by atoms with Crippen LogP contribution in [0.2, 0.25) is 0 Å². The molecule has 2 aromatic rings. The highest BCUT2D eigenvalue weighted by Gasteiger charge is 2.22. The Morgan fingerprint density at radius 1 is 1.00 bits per heavy atom. The third-order valence-electron chi connectivity index (χ3n) is 3.02. The van der Waals surface area contributed by atoms with Crippen LogP contribution < -0.4 is 5.32 Å². The fraction of sp³-hybridized carbons (Fsp3) is 0.0714. The van der Waals surface area contributed by atoms with E-state index in [9.17, 15) is 30.1 Å². The third kappa shape index (κ3) is 3.79. The minimum Gasteiger partial charge on any atom is -0.479 e. The van der Waals surface area contributed by atoms with E-state index in [4.69, 9.17) is 0 Å². The van der Waals surface area contributed by atoms with Crippen LogP contribution in [0.15, 0.2) is 48.5 Å². The number of benzene rings is 2. The maximum Gasteiger partial charge on any atom is 0.330 e. The Balaban J connectivity index is 2.42. The standard InChI is InChI=1S/C14H11N3O6/c18-14(19)13(9-4-2-1-3-5-9)15-10-6-11(16(20)21)8-12(7-10)17(22)23/h1-8,13,15H,(H,18,19). The molecule has 0 spiro atoms. The molecule has 9 nitrogen and oxygen atoms in total. The first-order valence-electron chi connectivity index (χ1n) is 6.36. The van der Waals surface area contributed by atoms with Gasteiger partial charge in [0.1, 0.15) is 0 Å². The highest BCUT2D eigenvalue weighted by atomic mass is 16.6. The predicted octanol–water partition coefficient (Wildman–Crippen LogP) is 2.74. The van der Waals surface area contributed by atoms with Crippen LogP contribution in [0.1, 0.15) is 11.6 Å². The second kappa shape index (κ2) is 6.52. The van der Waals surface area contributed by atoms with Gasteiger partial charge in [0.25, 0.3) is 11.4 Å². The maximum absolute atomic E-state index is 11.4. The second-order valence-corrected chi connectivity index (χ2v) is 4.58. The lowest BCUT2D eigenvalue weighted by molar-refractivity contribution is -0.394. The molecule has 0 aliphatic heterocycles. The molecule has 0 bridgehead atoms. The van der Waals surface area contributed by atoms with E-state index >= 15 is 0 Å². The van der Waals surface area contributed by atoms with Gasteiger partial charge in [-0.15, -0.1) is 0 Å². The molecule has 2 N–H and O–H groups in total. The molecule has 0 aliphatic carbocycles. The summed E-state index contributed by atoms with van der Waals surface area (Å²) in [4.78, 5) is 31.6. The van der Waals surface area contributed by atoms with Crippen LogP contribution in [-0.2, 0) is 4.79 Å². The van der Waals surface area contributed by atoms with Gasteiger partial charge in [0.15, 0.2) is 6.04 Å². The van der Waals surface area contributed by atoms with Gasteiger partial charge in [0.2, 0.25) is 0 Å². The van der Waals surface area contributed by atoms with Gasteiger partial charge in [-0.05, 0) is 5.56 Å². The molecule has 1 unspecified atom stereocenters. The quantitative estimate of drug-likeness (QED) is 0.617. The van der Waals surface area contributed by atoms with Crippen molar-refractivity contribution in [3.63, 3.8) is 0 Å². The fourth-order valence-electron chi connectivity index (χ4n) is 1.99. The smallest absolute Gasteiger partial charge is 0.330 e. The Kier molecular flexibility index (Phi) is 4.50. The minimum absolute atomic E-state index is 0.0258. The Bertz CT molecular complexity index is 730. The molecule has 9 heteroatoms. The van der Waals surface area contributed by atoms with Crippen LogP contribution in [0, 0.1) is 20.2 Å². The van der Waals surface area contributed by atoms with Crippen molar-refractivity contribution in [3.05, 3.63) is 74.3 Å². The van der Waals surface area contributed by atoms with Crippen molar-refractivity contribution in [1.82, 2.24) is 0 Å². The molecule has 23 heavy (non-hydrogen) atoms. The summed E-state index contributed by atoms with van der Waals surface area (Å²) in [6, 6.07) is 9.83. The van der Waals surface area contributed by atoms with Gasteiger partial charge in [-0.3, -0.25) is 20.2 Å². The molecule has 0 saturated carbocycles. The van der Waals surface area contributed by atoms with Gasteiger partial charge in [-0.2, -0.15) is 0 Å². The number of nitro benzene ring substituents is 2. The van der Waals surface area contributed by atoms with E-state index < -0.39 is 33.2 Å². The first-order chi connectivity index (χ1) is 10.9. The summed E-state index contributed by atoms with van der Waals surface area (Å²) < 4.78 is 0. The molecule has 0 saturated heterocycles. The lowest BCUT2D eigenvalue weighted by Gasteiger charge is -2.16. The molecular weight excluding hydrogens is 306 g/mol. The van der Waals surface area contributed by atoms with Gasteiger partial charge in [-0.25, -0.2) is 4.79 Å². The number of hydrogen-bond acceptors (Lipinski definition) is 6. The summed E-state index contributed by atoms with van der Waals surface area (Å²) >= 11 is 0. The molecule has 2 aromatic carbocycles. The lowest BCUT2D eigenvalue weighted by atomic mass is 10.1. The highest BCUT2D eigenvalue weighted by molar-refractivity contribution is 5.79. The number of carboxylic acid groups (broad SMARTS) is 1. The van der Waals surface area contributed by atoms with Crippen LogP contribution in [0.5, 0.6) is 0 Å². The third-order valence-corrected chi connectivity index (χ3v) is 3.02. The average Bonchev–Trinajstić information content (AvgIpc) is 2.52. The van der Waals surface area contributed by atoms with Crippen LogP contribution >= 0.6 is 0 Å². The predicted molar refractivity (Wildman–Crippen MR) is 80.2 cm³/mol. The largest absolute Gasteiger partial charge is 0.479 e. The summed E-state index contributed by atoms with van der Waals surface area (Å²) in [5.41, 5.74) is -0.617. The summed E-state index contributed by atoms with van der Waals surface area (Å²) in [6.45, 7) is 0.